The zero-order chi connectivity index (χ0) is 15.5. The fourth-order valence-corrected chi connectivity index (χ4v) is 2.98. The van der Waals surface area contributed by atoms with Crippen LogP contribution in [-0.2, 0) is 0 Å². The number of hydrogen-bond donors (Lipinski definition) is 1. The lowest BCUT2D eigenvalue weighted by Crippen LogP contribution is -2.13. The lowest BCUT2D eigenvalue weighted by atomic mass is 9.98. The molecule has 3 rings (SSSR count). The summed E-state index contributed by atoms with van der Waals surface area (Å²) in [6.07, 6.45) is 1.20. The Morgan fingerprint density at radius 2 is 1.82 bits per heavy atom. The quantitative estimate of drug-likeness (QED) is 0.928. The van der Waals surface area contributed by atoms with Gasteiger partial charge in [-0.05, 0) is 67.9 Å². The molecule has 1 amide bonds. The summed E-state index contributed by atoms with van der Waals surface area (Å²) in [5.74, 6) is 0.482. The molecule has 1 N–H and O–H groups in total. The zero-order valence-electron chi connectivity index (χ0n) is 12.6. The molecule has 114 valence electrons. The second-order valence-corrected chi connectivity index (χ2v) is 6.27. The van der Waals surface area contributed by atoms with Crippen LogP contribution in [0.1, 0.15) is 28.3 Å². The molecule has 0 saturated carbocycles. The van der Waals surface area contributed by atoms with Gasteiger partial charge in [-0.3, -0.25) is 4.79 Å². The Labute approximate surface area is 135 Å². The van der Waals surface area contributed by atoms with Gasteiger partial charge in [0.2, 0.25) is 0 Å². The molecule has 0 aromatic heterocycles. The summed E-state index contributed by atoms with van der Waals surface area (Å²) in [7, 11) is 2.15. The number of anilines is 1. The topological polar surface area (TPSA) is 32.3 Å². The number of carbonyl (C=O) groups is 1. The van der Waals surface area contributed by atoms with Crippen LogP contribution < -0.4 is 5.32 Å². The highest BCUT2D eigenvalue weighted by Gasteiger charge is 2.20. The van der Waals surface area contributed by atoms with Gasteiger partial charge in [-0.25, -0.2) is 0 Å². The van der Waals surface area contributed by atoms with E-state index < -0.39 is 0 Å². The van der Waals surface area contributed by atoms with E-state index >= 15 is 0 Å². The third-order valence-corrected chi connectivity index (χ3v) is 4.39. The second kappa shape index (κ2) is 6.51. The molecule has 0 unspecified atom stereocenters. The van der Waals surface area contributed by atoms with Gasteiger partial charge >= 0.3 is 0 Å². The molecular formula is C18H19ClN2O. The van der Waals surface area contributed by atoms with Crippen LogP contribution in [0.5, 0.6) is 0 Å². The molecule has 1 fully saturated rings. The van der Waals surface area contributed by atoms with Gasteiger partial charge in [-0.2, -0.15) is 0 Å². The molecule has 1 atom stereocenters. The van der Waals surface area contributed by atoms with Gasteiger partial charge in [-0.1, -0.05) is 23.7 Å². The maximum atomic E-state index is 12.1. The molecule has 22 heavy (non-hydrogen) atoms. The van der Waals surface area contributed by atoms with E-state index in [2.05, 4.69) is 29.4 Å². The Hall–Kier alpha value is -1.84. The SMILES string of the molecule is CN1CC[C@H](c2ccc(NC(=O)c3ccc(Cl)cc3)cc2)C1. The Bertz CT molecular complexity index is 652. The van der Waals surface area contributed by atoms with Crippen molar-refractivity contribution in [2.24, 2.45) is 0 Å². The Morgan fingerprint density at radius 3 is 2.41 bits per heavy atom. The van der Waals surface area contributed by atoms with Gasteiger partial charge in [-0.15, -0.1) is 0 Å². The van der Waals surface area contributed by atoms with Crippen molar-refractivity contribution in [1.82, 2.24) is 4.90 Å². The molecule has 1 aliphatic heterocycles. The van der Waals surface area contributed by atoms with Crippen molar-refractivity contribution in [3.63, 3.8) is 0 Å². The maximum Gasteiger partial charge on any atom is 0.255 e. The van der Waals surface area contributed by atoms with Crippen molar-refractivity contribution in [3.8, 4) is 0 Å². The number of nitrogens with one attached hydrogen (secondary N) is 1. The average molecular weight is 315 g/mol. The van der Waals surface area contributed by atoms with Crippen molar-refractivity contribution in [2.75, 3.05) is 25.5 Å². The van der Waals surface area contributed by atoms with Crippen molar-refractivity contribution < 1.29 is 4.79 Å². The lowest BCUT2D eigenvalue weighted by molar-refractivity contribution is 0.102. The maximum absolute atomic E-state index is 12.1. The van der Waals surface area contributed by atoms with E-state index in [-0.39, 0.29) is 5.91 Å². The fraction of sp³-hybridized carbons (Fsp3) is 0.278. The number of benzene rings is 2. The number of nitrogens with zero attached hydrogens (tertiary/aromatic N) is 1. The molecular weight excluding hydrogens is 296 g/mol. The Kier molecular flexibility index (Phi) is 4.46. The average Bonchev–Trinajstić information content (AvgIpc) is 2.95. The summed E-state index contributed by atoms with van der Waals surface area (Å²) in [6.45, 7) is 2.26. The third-order valence-electron chi connectivity index (χ3n) is 4.14. The molecule has 4 heteroatoms. The first-order valence-corrected chi connectivity index (χ1v) is 7.85. The van der Waals surface area contributed by atoms with Crippen molar-refractivity contribution >= 4 is 23.2 Å². The number of halogens is 1. The number of likely N-dealkylation sites (N-methyl/N-ethyl adjacent to an activating group) is 1. The Morgan fingerprint density at radius 1 is 1.14 bits per heavy atom. The summed E-state index contributed by atoms with van der Waals surface area (Å²) in [4.78, 5) is 14.5. The molecule has 1 heterocycles. The van der Waals surface area contributed by atoms with Crippen LogP contribution in [0.15, 0.2) is 48.5 Å². The van der Waals surface area contributed by atoms with Crippen LogP contribution in [0.25, 0.3) is 0 Å². The molecule has 0 spiro atoms. The van der Waals surface area contributed by atoms with Crippen molar-refractivity contribution in [2.45, 2.75) is 12.3 Å². The predicted molar refractivity (Wildman–Crippen MR) is 90.7 cm³/mol. The number of likely N-dealkylation sites (tertiary alicyclic amines) is 1. The van der Waals surface area contributed by atoms with Crippen LogP contribution in [0.2, 0.25) is 5.02 Å². The first-order chi connectivity index (χ1) is 10.6. The lowest BCUT2D eigenvalue weighted by Gasteiger charge is -2.12. The normalized spacial score (nSPS) is 18.4. The number of rotatable bonds is 3. The van der Waals surface area contributed by atoms with Crippen molar-refractivity contribution in [1.29, 1.82) is 0 Å². The monoisotopic (exact) mass is 314 g/mol. The summed E-state index contributed by atoms with van der Waals surface area (Å²) >= 11 is 5.83. The Balaban J connectivity index is 1.65. The number of amides is 1. The molecule has 2 aromatic carbocycles. The summed E-state index contributed by atoms with van der Waals surface area (Å²) < 4.78 is 0. The van der Waals surface area contributed by atoms with Crippen LogP contribution in [0.4, 0.5) is 5.69 Å². The summed E-state index contributed by atoms with van der Waals surface area (Å²) in [6, 6.07) is 15.1. The van der Waals surface area contributed by atoms with Crippen LogP contribution in [-0.4, -0.2) is 30.9 Å². The minimum atomic E-state index is -0.120. The van der Waals surface area contributed by atoms with E-state index in [9.17, 15) is 4.79 Å². The molecule has 1 saturated heterocycles. The smallest absolute Gasteiger partial charge is 0.255 e. The molecule has 3 nitrogen and oxygen atoms in total. The van der Waals surface area contributed by atoms with E-state index in [1.807, 2.05) is 12.1 Å². The molecule has 1 aliphatic rings. The first-order valence-electron chi connectivity index (χ1n) is 7.47. The summed E-state index contributed by atoms with van der Waals surface area (Å²) in [5.41, 5.74) is 2.76. The zero-order valence-corrected chi connectivity index (χ0v) is 13.3. The molecule has 0 radical (unpaired) electrons. The van der Waals surface area contributed by atoms with Gasteiger partial charge in [0.1, 0.15) is 0 Å². The number of carbonyl (C=O) groups excluding carboxylic acids is 1. The second-order valence-electron chi connectivity index (χ2n) is 5.83. The van der Waals surface area contributed by atoms with Gasteiger partial charge in [0.05, 0.1) is 0 Å². The van der Waals surface area contributed by atoms with Crippen LogP contribution in [0.3, 0.4) is 0 Å². The van der Waals surface area contributed by atoms with Gasteiger partial charge in [0.25, 0.3) is 5.91 Å². The van der Waals surface area contributed by atoms with E-state index in [1.165, 1.54) is 12.0 Å². The van der Waals surface area contributed by atoms with Crippen LogP contribution >= 0.6 is 11.6 Å². The highest BCUT2D eigenvalue weighted by atomic mass is 35.5. The molecule has 0 bridgehead atoms. The highest BCUT2D eigenvalue weighted by Crippen LogP contribution is 2.27. The minimum absolute atomic E-state index is 0.120. The van der Waals surface area contributed by atoms with Crippen molar-refractivity contribution in [3.05, 3.63) is 64.7 Å². The minimum Gasteiger partial charge on any atom is -0.322 e. The molecule has 0 aliphatic carbocycles. The van der Waals surface area contributed by atoms with Gasteiger partial charge < -0.3 is 10.2 Å². The highest BCUT2D eigenvalue weighted by molar-refractivity contribution is 6.30. The standard InChI is InChI=1S/C18H19ClN2O/c1-21-11-10-15(12-21)13-4-8-17(9-5-13)20-18(22)14-2-6-16(19)7-3-14/h2-9,15H,10-12H2,1H3,(H,20,22)/t15-/m0/s1. The van der Waals surface area contributed by atoms with Gasteiger partial charge in [0.15, 0.2) is 0 Å². The third kappa shape index (κ3) is 3.49. The summed E-state index contributed by atoms with van der Waals surface area (Å²) in [5, 5.41) is 3.54. The molecule has 2 aromatic rings. The first kappa shape index (κ1) is 15.1. The fourth-order valence-electron chi connectivity index (χ4n) is 2.85. The number of hydrogen-bond acceptors (Lipinski definition) is 2. The van der Waals surface area contributed by atoms with E-state index in [0.29, 0.717) is 16.5 Å². The van der Waals surface area contributed by atoms with Gasteiger partial charge in [0, 0.05) is 22.8 Å². The van der Waals surface area contributed by atoms with E-state index in [1.54, 1.807) is 24.3 Å². The van der Waals surface area contributed by atoms with E-state index in [0.717, 1.165) is 18.8 Å². The predicted octanol–water partition coefficient (Wildman–Crippen LogP) is 4.01. The largest absolute Gasteiger partial charge is 0.322 e. The van der Waals surface area contributed by atoms with Crippen LogP contribution in [0, 0.1) is 0 Å². The van der Waals surface area contributed by atoms with E-state index in [4.69, 9.17) is 11.6 Å².